The Balaban J connectivity index is 2.44. The van der Waals surface area contributed by atoms with Crippen LogP contribution in [-0.4, -0.2) is 31.3 Å². The standard InChI is InChI=1S/C14H18N4O2/c1-9-6-5-7-11(10(9)2)12-15-16-17-18(12)8-14(3,4)13(19)20/h5-7H,8H2,1-4H3,(H,19,20). The molecular formula is C14H18N4O2. The van der Waals surface area contributed by atoms with E-state index in [4.69, 9.17) is 0 Å². The lowest BCUT2D eigenvalue weighted by atomic mass is 9.94. The topological polar surface area (TPSA) is 80.9 Å². The Morgan fingerprint density at radius 2 is 2.05 bits per heavy atom. The van der Waals surface area contributed by atoms with Crippen molar-refractivity contribution in [2.24, 2.45) is 5.41 Å². The summed E-state index contributed by atoms with van der Waals surface area (Å²) in [6.45, 7) is 7.56. The number of aliphatic carboxylic acids is 1. The van der Waals surface area contributed by atoms with Gasteiger partial charge in [-0.1, -0.05) is 18.2 Å². The highest BCUT2D eigenvalue weighted by atomic mass is 16.4. The summed E-state index contributed by atoms with van der Waals surface area (Å²) in [5.74, 6) is -0.277. The highest BCUT2D eigenvalue weighted by Gasteiger charge is 2.29. The molecule has 0 saturated heterocycles. The zero-order chi connectivity index (χ0) is 14.9. The summed E-state index contributed by atoms with van der Waals surface area (Å²) >= 11 is 0. The van der Waals surface area contributed by atoms with Crippen LogP contribution in [0.15, 0.2) is 18.2 Å². The van der Waals surface area contributed by atoms with E-state index in [-0.39, 0.29) is 6.54 Å². The number of aromatic nitrogens is 4. The van der Waals surface area contributed by atoms with Gasteiger partial charge in [0.15, 0.2) is 5.82 Å². The summed E-state index contributed by atoms with van der Waals surface area (Å²) in [6, 6.07) is 5.91. The minimum Gasteiger partial charge on any atom is -0.481 e. The lowest BCUT2D eigenvalue weighted by molar-refractivity contribution is -0.147. The molecule has 2 aromatic rings. The Labute approximate surface area is 117 Å². The van der Waals surface area contributed by atoms with Crippen molar-refractivity contribution >= 4 is 5.97 Å². The van der Waals surface area contributed by atoms with Crippen LogP contribution >= 0.6 is 0 Å². The molecular weight excluding hydrogens is 256 g/mol. The molecule has 20 heavy (non-hydrogen) atoms. The Morgan fingerprint density at radius 1 is 1.35 bits per heavy atom. The summed E-state index contributed by atoms with van der Waals surface area (Å²) in [4.78, 5) is 11.2. The van der Waals surface area contributed by atoms with Crippen molar-refractivity contribution in [1.29, 1.82) is 0 Å². The molecule has 1 aromatic heterocycles. The van der Waals surface area contributed by atoms with Gasteiger partial charge in [0.05, 0.1) is 12.0 Å². The molecule has 0 amide bonds. The van der Waals surface area contributed by atoms with Crippen LogP contribution in [0.2, 0.25) is 0 Å². The van der Waals surface area contributed by atoms with Crippen LogP contribution in [0.25, 0.3) is 11.4 Å². The number of carboxylic acid groups (broad SMARTS) is 1. The summed E-state index contributed by atoms with van der Waals surface area (Å²) in [6.07, 6.45) is 0. The minimum atomic E-state index is -0.929. The van der Waals surface area contributed by atoms with E-state index in [1.807, 2.05) is 32.0 Å². The third-order valence-corrected chi connectivity index (χ3v) is 3.50. The maximum absolute atomic E-state index is 11.2. The Morgan fingerprint density at radius 3 is 2.70 bits per heavy atom. The predicted molar refractivity (Wildman–Crippen MR) is 74.1 cm³/mol. The summed E-state index contributed by atoms with van der Waals surface area (Å²) in [5.41, 5.74) is 2.24. The second-order valence-corrected chi connectivity index (χ2v) is 5.60. The van der Waals surface area contributed by atoms with Gasteiger partial charge >= 0.3 is 5.97 Å². The Bertz CT molecular complexity index is 646. The van der Waals surface area contributed by atoms with E-state index in [1.54, 1.807) is 18.5 Å². The van der Waals surface area contributed by atoms with Crippen molar-refractivity contribution in [3.05, 3.63) is 29.3 Å². The zero-order valence-corrected chi connectivity index (χ0v) is 12.1. The van der Waals surface area contributed by atoms with Crippen molar-refractivity contribution in [2.45, 2.75) is 34.2 Å². The highest BCUT2D eigenvalue weighted by Crippen LogP contribution is 2.25. The fraction of sp³-hybridized carbons (Fsp3) is 0.429. The van der Waals surface area contributed by atoms with Crippen molar-refractivity contribution < 1.29 is 9.90 Å². The SMILES string of the molecule is Cc1cccc(-c2nnnn2CC(C)(C)C(=O)O)c1C. The summed E-state index contributed by atoms with van der Waals surface area (Å²) in [7, 11) is 0. The van der Waals surface area contributed by atoms with Crippen LogP contribution in [0.5, 0.6) is 0 Å². The smallest absolute Gasteiger partial charge is 0.310 e. The molecule has 1 heterocycles. The normalized spacial score (nSPS) is 11.6. The van der Waals surface area contributed by atoms with Gasteiger partial charge in [-0.05, 0) is 49.2 Å². The lowest BCUT2D eigenvalue weighted by Crippen LogP contribution is -2.30. The Kier molecular flexibility index (Phi) is 3.57. The van der Waals surface area contributed by atoms with Crippen LogP contribution in [0.1, 0.15) is 25.0 Å². The molecule has 1 N–H and O–H groups in total. The van der Waals surface area contributed by atoms with Gasteiger partial charge in [-0.15, -0.1) is 5.10 Å². The van der Waals surface area contributed by atoms with Crippen molar-refractivity contribution in [3.63, 3.8) is 0 Å². The zero-order valence-electron chi connectivity index (χ0n) is 12.1. The van der Waals surface area contributed by atoms with E-state index in [0.717, 1.165) is 16.7 Å². The molecule has 0 aliphatic carbocycles. The van der Waals surface area contributed by atoms with E-state index in [9.17, 15) is 9.90 Å². The number of carboxylic acids is 1. The molecule has 0 bridgehead atoms. The third kappa shape index (κ3) is 2.54. The van der Waals surface area contributed by atoms with E-state index >= 15 is 0 Å². The van der Waals surface area contributed by atoms with E-state index in [2.05, 4.69) is 15.5 Å². The van der Waals surface area contributed by atoms with Crippen LogP contribution in [0, 0.1) is 19.3 Å². The van der Waals surface area contributed by atoms with Gasteiger partial charge in [0.25, 0.3) is 0 Å². The number of hydrogen-bond donors (Lipinski definition) is 1. The second-order valence-electron chi connectivity index (χ2n) is 5.60. The van der Waals surface area contributed by atoms with Gasteiger partial charge in [0.2, 0.25) is 0 Å². The lowest BCUT2D eigenvalue weighted by Gasteiger charge is -2.19. The average Bonchev–Trinajstić information content (AvgIpc) is 2.80. The predicted octanol–water partition coefficient (Wildman–Crippen LogP) is 2.07. The molecule has 6 heteroatoms. The van der Waals surface area contributed by atoms with Crippen molar-refractivity contribution in [1.82, 2.24) is 20.2 Å². The van der Waals surface area contributed by atoms with Crippen LogP contribution in [0.4, 0.5) is 0 Å². The number of tetrazole rings is 1. The molecule has 106 valence electrons. The molecule has 0 spiro atoms. The van der Waals surface area contributed by atoms with E-state index in [0.29, 0.717) is 5.82 Å². The fourth-order valence-corrected chi connectivity index (χ4v) is 1.94. The molecule has 6 nitrogen and oxygen atoms in total. The first-order valence-electron chi connectivity index (χ1n) is 6.39. The second kappa shape index (κ2) is 5.03. The third-order valence-electron chi connectivity index (χ3n) is 3.50. The Hall–Kier alpha value is -2.24. The number of hydrogen-bond acceptors (Lipinski definition) is 4. The van der Waals surface area contributed by atoms with E-state index < -0.39 is 11.4 Å². The quantitative estimate of drug-likeness (QED) is 0.923. The number of benzene rings is 1. The van der Waals surface area contributed by atoms with Gasteiger partial charge in [-0.3, -0.25) is 4.79 Å². The maximum Gasteiger partial charge on any atom is 0.310 e. The van der Waals surface area contributed by atoms with Gasteiger partial charge in [-0.2, -0.15) is 0 Å². The number of aryl methyl sites for hydroxylation is 1. The molecule has 0 aliphatic rings. The molecule has 1 aromatic carbocycles. The van der Waals surface area contributed by atoms with Gasteiger partial charge in [0, 0.05) is 5.56 Å². The first kappa shape index (κ1) is 14.2. The molecule has 0 radical (unpaired) electrons. The molecule has 0 atom stereocenters. The summed E-state index contributed by atoms with van der Waals surface area (Å²) < 4.78 is 1.55. The summed E-state index contributed by atoms with van der Waals surface area (Å²) in [5, 5.41) is 20.9. The van der Waals surface area contributed by atoms with Gasteiger partial charge in [-0.25, -0.2) is 4.68 Å². The van der Waals surface area contributed by atoms with Crippen molar-refractivity contribution in [2.75, 3.05) is 0 Å². The largest absolute Gasteiger partial charge is 0.481 e. The van der Waals surface area contributed by atoms with Crippen LogP contribution in [0.3, 0.4) is 0 Å². The van der Waals surface area contributed by atoms with E-state index in [1.165, 1.54) is 0 Å². The number of carbonyl (C=O) groups is 1. The fourth-order valence-electron chi connectivity index (χ4n) is 1.94. The number of nitrogens with zero attached hydrogens (tertiary/aromatic N) is 4. The molecule has 0 aliphatic heterocycles. The molecule has 2 rings (SSSR count). The average molecular weight is 274 g/mol. The first-order chi connectivity index (χ1) is 9.33. The van der Waals surface area contributed by atoms with Crippen LogP contribution in [-0.2, 0) is 11.3 Å². The maximum atomic E-state index is 11.2. The number of rotatable bonds is 4. The molecule has 0 fully saturated rings. The first-order valence-corrected chi connectivity index (χ1v) is 6.39. The molecule has 0 saturated carbocycles. The monoisotopic (exact) mass is 274 g/mol. The minimum absolute atomic E-state index is 0.220. The van der Waals surface area contributed by atoms with Gasteiger partial charge < -0.3 is 5.11 Å². The highest BCUT2D eigenvalue weighted by molar-refractivity contribution is 5.73. The van der Waals surface area contributed by atoms with Crippen molar-refractivity contribution in [3.8, 4) is 11.4 Å². The molecule has 0 unspecified atom stereocenters. The van der Waals surface area contributed by atoms with Crippen LogP contribution < -0.4 is 0 Å². The van der Waals surface area contributed by atoms with Gasteiger partial charge in [0.1, 0.15) is 0 Å².